The molecule has 0 nitrogen and oxygen atoms in total. The van der Waals surface area contributed by atoms with Gasteiger partial charge in [-0.2, -0.15) is 0 Å². The minimum absolute atomic E-state index is 0.961. The van der Waals surface area contributed by atoms with Crippen LogP contribution < -0.4 is 0 Å². The number of hydrogen-bond acceptors (Lipinski definition) is 0. The van der Waals surface area contributed by atoms with Crippen molar-refractivity contribution >= 4 is 0 Å². The summed E-state index contributed by atoms with van der Waals surface area (Å²) in [6.07, 6.45) is -5.78. The topological polar surface area (TPSA) is 0 Å². The van der Waals surface area contributed by atoms with Crippen molar-refractivity contribution in [1.82, 2.24) is 0 Å². The molecule has 0 amide bonds. The Morgan fingerprint density at radius 1 is 1.25 bits per heavy atom. The molecule has 3 atom stereocenters. The fraction of sp³-hybridized carbons (Fsp3) is 0.800. The van der Waals surface area contributed by atoms with Gasteiger partial charge in [0, 0.05) is 0 Å². The second-order valence-corrected chi connectivity index (χ2v) is 1.64. The van der Waals surface area contributed by atoms with Crippen LogP contribution in [0.5, 0.6) is 0 Å². The lowest BCUT2D eigenvalue weighted by molar-refractivity contribution is 0.114. The van der Waals surface area contributed by atoms with E-state index >= 15 is 0 Å². The molecular formula is C5H8F3. The fourth-order valence-corrected chi connectivity index (χ4v) is 0.288. The average Bonchev–Trinajstić information content (AvgIpc) is 1.64. The standard InChI is InChI=1S/C5H8F3/c1-3(6)5(8)4(2)7/h3-5H,1H2,2H3. The van der Waals surface area contributed by atoms with E-state index in [1.54, 1.807) is 0 Å². The van der Waals surface area contributed by atoms with Crippen molar-refractivity contribution in [2.24, 2.45) is 0 Å². The summed E-state index contributed by atoms with van der Waals surface area (Å²) in [6.45, 7) is 3.64. The van der Waals surface area contributed by atoms with Crippen molar-refractivity contribution in [2.45, 2.75) is 25.4 Å². The molecule has 0 N–H and O–H groups in total. The SMILES string of the molecule is [CH2]C(F)C(F)C(C)F. The molecule has 0 spiro atoms. The lowest BCUT2D eigenvalue weighted by atomic mass is 10.2. The predicted octanol–water partition coefficient (Wildman–Crippen LogP) is 1.85. The van der Waals surface area contributed by atoms with Crippen molar-refractivity contribution in [3.63, 3.8) is 0 Å². The Bertz CT molecular complexity index is 52.7. The molecule has 0 aliphatic carbocycles. The van der Waals surface area contributed by atoms with Crippen LogP contribution in [-0.4, -0.2) is 18.5 Å². The first-order valence-electron chi connectivity index (χ1n) is 2.31. The zero-order valence-electron chi connectivity index (χ0n) is 4.57. The largest absolute Gasteiger partial charge is 0.244 e. The van der Waals surface area contributed by atoms with E-state index in [1.807, 2.05) is 0 Å². The molecule has 8 heavy (non-hydrogen) atoms. The molecule has 0 saturated carbocycles. The zero-order valence-corrected chi connectivity index (χ0v) is 4.57. The maximum atomic E-state index is 11.8. The van der Waals surface area contributed by atoms with Crippen molar-refractivity contribution in [3.8, 4) is 0 Å². The quantitative estimate of drug-likeness (QED) is 0.528. The molecule has 0 aromatic carbocycles. The van der Waals surface area contributed by atoms with Gasteiger partial charge >= 0.3 is 0 Å². The molecule has 0 heterocycles. The summed E-state index contributed by atoms with van der Waals surface area (Å²) in [4.78, 5) is 0. The number of halogens is 3. The summed E-state index contributed by atoms with van der Waals surface area (Å²) in [7, 11) is 0. The Morgan fingerprint density at radius 3 is 1.62 bits per heavy atom. The van der Waals surface area contributed by atoms with E-state index in [0.29, 0.717) is 0 Å². The van der Waals surface area contributed by atoms with Gasteiger partial charge in [0.2, 0.25) is 0 Å². The number of alkyl halides is 3. The first kappa shape index (κ1) is 7.79. The Balaban J connectivity index is 3.46. The molecule has 0 aromatic rings. The first-order valence-corrected chi connectivity index (χ1v) is 2.31. The number of hydrogen-bond donors (Lipinski definition) is 0. The van der Waals surface area contributed by atoms with Crippen LogP contribution in [0.2, 0.25) is 0 Å². The second kappa shape index (κ2) is 2.95. The summed E-state index contributed by atoms with van der Waals surface area (Å²) in [5.74, 6) is 0. The summed E-state index contributed by atoms with van der Waals surface area (Å²) < 4.78 is 35.1. The maximum Gasteiger partial charge on any atom is 0.162 e. The van der Waals surface area contributed by atoms with Gasteiger partial charge in [-0.3, -0.25) is 0 Å². The summed E-state index contributed by atoms with van der Waals surface area (Å²) in [5, 5.41) is 0. The third-order valence-electron chi connectivity index (χ3n) is 0.784. The fourth-order valence-electron chi connectivity index (χ4n) is 0.288. The zero-order chi connectivity index (χ0) is 6.73. The Morgan fingerprint density at radius 2 is 1.62 bits per heavy atom. The van der Waals surface area contributed by atoms with Crippen LogP contribution in [0.1, 0.15) is 6.92 Å². The van der Waals surface area contributed by atoms with E-state index in [4.69, 9.17) is 0 Å². The van der Waals surface area contributed by atoms with Gasteiger partial charge < -0.3 is 0 Å². The van der Waals surface area contributed by atoms with Crippen LogP contribution in [0, 0.1) is 6.92 Å². The minimum Gasteiger partial charge on any atom is -0.244 e. The molecule has 0 rings (SSSR count). The summed E-state index contributed by atoms with van der Waals surface area (Å²) >= 11 is 0. The van der Waals surface area contributed by atoms with E-state index in [2.05, 4.69) is 6.92 Å². The van der Waals surface area contributed by atoms with Crippen molar-refractivity contribution in [1.29, 1.82) is 0 Å². The lowest BCUT2D eigenvalue weighted by Crippen LogP contribution is -2.23. The third kappa shape index (κ3) is 2.19. The highest BCUT2D eigenvalue weighted by Gasteiger charge is 2.21. The van der Waals surface area contributed by atoms with Crippen LogP contribution in [-0.2, 0) is 0 Å². The van der Waals surface area contributed by atoms with Crippen LogP contribution in [0.15, 0.2) is 0 Å². The third-order valence-corrected chi connectivity index (χ3v) is 0.784. The molecule has 3 heteroatoms. The molecule has 1 radical (unpaired) electrons. The van der Waals surface area contributed by atoms with E-state index in [0.717, 1.165) is 6.92 Å². The van der Waals surface area contributed by atoms with Gasteiger partial charge in [-0.1, -0.05) is 0 Å². The molecule has 0 fully saturated rings. The number of rotatable bonds is 2. The normalized spacial score (nSPS) is 22.1. The van der Waals surface area contributed by atoms with Gasteiger partial charge in [0.05, 0.1) is 0 Å². The molecule has 0 aromatic heterocycles. The molecule has 0 aliphatic heterocycles. The second-order valence-electron chi connectivity index (χ2n) is 1.64. The highest BCUT2D eigenvalue weighted by atomic mass is 19.2. The van der Waals surface area contributed by atoms with Crippen molar-refractivity contribution in [2.75, 3.05) is 0 Å². The first-order chi connectivity index (χ1) is 3.55. The summed E-state index contributed by atoms with van der Waals surface area (Å²) in [5.41, 5.74) is 0. The van der Waals surface area contributed by atoms with Crippen molar-refractivity contribution in [3.05, 3.63) is 6.92 Å². The smallest absolute Gasteiger partial charge is 0.162 e. The van der Waals surface area contributed by atoms with Crippen LogP contribution in [0.4, 0.5) is 13.2 Å². The van der Waals surface area contributed by atoms with Gasteiger partial charge in [0.15, 0.2) is 6.17 Å². The predicted molar refractivity (Wildman–Crippen MR) is 25.7 cm³/mol. The Labute approximate surface area is 46.7 Å². The minimum atomic E-state index is -2.07. The lowest BCUT2D eigenvalue weighted by Gasteiger charge is -2.08. The van der Waals surface area contributed by atoms with Crippen LogP contribution in [0.25, 0.3) is 0 Å². The highest BCUT2D eigenvalue weighted by molar-refractivity contribution is 4.74. The Hall–Kier alpha value is -0.210. The van der Waals surface area contributed by atoms with Crippen LogP contribution in [0.3, 0.4) is 0 Å². The Kier molecular flexibility index (Phi) is 2.87. The van der Waals surface area contributed by atoms with E-state index in [-0.39, 0.29) is 0 Å². The molecule has 3 unspecified atom stereocenters. The molecule has 0 bridgehead atoms. The van der Waals surface area contributed by atoms with Crippen LogP contribution >= 0.6 is 0 Å². The van der Waals surface area contributed by atoms with Crippen molar-refractivity contribution < 1.29 is 13.2 Å². The van der Waals surface area contributed by atoms with E-state index in [9.17, 15) is 13.2 Å². The van der Waals surface area contributed by atoms with Gasteiger partial charge in [0.25, 0.3) is 0 Å². The molecule has 0 aliphatic rings. The van der Waals surface area contributed by atoms with E-state index < -0.39 is 18.5 Å². The molecule has 0 saturated heterocycles. The average molecular weight is 125 g/mol. The van der Waals surface area contributed by atoms with Gasteiger partial charge in [-0.15, -0.1) is 0 Å². The molecule has 49 valence electrons. The highest BCUT2D eigenvalue weighted by Crippen LogP contribution is 2.09. The molecular weight excluding hydrogens is 117 g/mol. The van der Waals surface area contributed by atoms with Gasteiger partial charge in [-0.25, -0.2) is 13.2 Å². The van der Waals surface area contributed by atoms with Gasteiger partial charge in [0.1, 0.15) is 12.3 Å². The monoisotopic (exact) mass is 125 g/mol. The summed E-state index contributed by atoms with van der Waals surface area (Å²) in [6, 6.07) is 0. The van der Waals surface area contributed by atoms with Gasteiger partial charge in [-0.05, 0) is 13.8 Å². The van der Waals surface area contributed by atoms with E-state index in [1.165, 1.54) is 0 Å². The maximum absolute atomic E-state index is 11.8.